The number of halogens is 3. The molecule has 1 saturated heterocycles. The van der Waals surface area contributed by atoms with Crippen molar-refractivity contribution < 1.29 is 32.2 Å². The van der Waals surface area contributed by atoms with Crippen LogP contribution in [-0.4, -0.2) is 77.5 Å². The minimum absolute atomic E-state index is 0.150. The zero-order chi connectivity index (χ0) is 28.3. The molecule has 0 bridgehead atoms. The van der Waals surface area contributed by atoms with Gasteiger partial charge in [0.2, 0.25) is 5.95 Å². The Hall–Kier alpha value is -3.45. The normalized spacial score (nSPS) is 18.6. The average Bonchev–Trinajstić information content (AvgIpc) is 3.31. The molecule has 0 saturated carbocycles. The van der Waals surface area contributed by atoms with E-state index < -0.39 is 30.8 Å². The van der Waals surface area contributed by atoms with Gasteiger partial charge < -0.3 is 25.0 Å². The molecule has 1 aromatic heterocycles. The number of anilines is 2. The number of carbonyl (C=O) groups excluding carboxylic acids is 2. The predicted molar refractivity (Wildman–Crippen MR) is 138 cm³/mol. The second-order valence-corrected chi connectivity index (χ2v) is 10.1. The quantitative estimate of drug-likeness (QED) is 0.503. The van der Waals surface area contributed by atoms with Crippen LogP contribution >= 0.6 is 0 Å². The van der Waals surface area contributed by atoms with Gasteiger partial charge in [-0.15, -0.1) is 0 Å². The number of nitrogens with one attached hydrogen (secondary N) is 2. The fraction of sp³-hybridized carbons (Fsp3) is 0.538. The number of hydrogen-bond donors (Lipinski definition) is 2. The van der Waals surface area contributed by atoms with Crippen LogP contribution in [0.3, 0.4) is 0 Å². The number of benzene rings is 1. The van der Waals surface area contributed by atoms with Gasteiger partial charge in [-0.3, -0.25) is 4.90 Å². The molecule has 2 aliphatic heterocycles. The molecule has 3 heterocycles. The van der Waals surface area contributed by atoms with Crippen LogP contribution in [0.25, 0.3) is 11.3 Å². The number of aromatic nitrogens is 2. The molecule has 4 rings (SSSR count). The van der Waals surface area contributed by atoms with E-state index in [1.165, 1.54) is 6.92 Å². The van der Waals surface area contributed by atoms with Gasteiger partial charge in [0.1, 0.15) is 6.61 Å². The number of ether oxygens (including phenoxy) is 2. The summed E-state index contributed by atoms with van der Waals surface area (Å²) in [6.45, 7) is 10.6. The monoisotopic (exact) mass is 550 g/mol. The molecular formula is C26H33F3N6O4. The third kappa shape index (κ3) is 6.95. The Labute approximate surface area is 224 Å². The van der Waals surface area contributed by atoms with Crippen molar-refractivity contribution in [3.05, 3.63) is 35.5 Å². The van der Waals surface area contributed by atoms with Crippen LogP contribution in [0.5, 0.6) is 0 Å². The SMILES string of the molecule is CC(COC(=O)C(F)(F)F)NC(=O)Nc1ccc(-c2nc(N3CCOC[C@@H]3C)nc3c2CN(C(C)C)C3)cc1. The first-order valence-corrected chi connectivity index (χ1v) is 12.8. The summed E-state index contributed by atoms with van der Waals surface area (Å²) < 4.78 is 46.6. The molecule has 1 fully saturated rings. The van der Waals surface area contributed by atoms with Gasteiger partial charge in [0.25, 0.3) is 0 Å². The zero-order valence-corrected chi connectivity index (χ0v) is 22.3. The summed E-state index contributed by atoms with van der Waals surface area (Å²) in [5.74, 6) is -1.63. The van der Waals surface area contributed by atoms with Crippen molar-refractivity contribution in [1.29, 1.82) is 0 Å². The van der Waals surface area contributed by atoms with Gasteiger partial charge in [0.15, 0.2) is 0 Å². The van der Waals surface area contributed by atoms with Crippen LogP contribution in [0.15, 0.2) is 24.3 Å². The summed E-state index contributed by atoms with van der Waals surface area (Å²) in [4.78, 5) is 37.6. The van der Waals surface area contributed by atoms with E-state index in [9.17, 15) is 22.8 Å². The summed E-state index contributed by atoms with van der Waals surface area (Å²) in [6.07, 6.45) is -5.08. The lowest BCUT2D eigenvalue weighted by atomic mass is 10.1. The highest BCUT2D eigenvalue weighted by atomic mass is 19.4. The van der Waals surface area contributed by atoms with Crippen molar-refractivity contribution >= 4 is 23.6 Å². The third-order valence-corrected chi connectivity index (χ3v) is 6.64. The number of hydrogen-bond acceptors (Lipinski definition) is 8. The van der Waals surface area contributed by atoms with Gasteiger partial charge in [0.05, 0.1) is 36.7 Å². The molecule has 0 spiro atoms. The van der Waals surface area contributed by atoms with Crippen LogP contribution in [-0.2, 0) is 27.4 Å². The molecule has 2 atom stereocenters. The average molecular weight is 551 g/mol. The van der Waals surface area contributed by atoms with Gasteiger partial charge in [-0.2, -0.15) is 13.2 Å². The number of esters is 1. The number of rotatable bonds is 7. The van der Waals surface area contributed by atoms with Gasteiger partial charge in [-0.25, -0.2) is 19.6 Å². The molecule has 2 aromatic rings. The summed E-state index contributed by atoms with van der Waals surface area (Å²) in [5.41, 5.74) is 4.28. The number of fused-ring (bicyclic) bond motifs is 1. The number of amides is 2. The maximum Gasteiger partial charge on any atom is 0.490 e. The summed E-state index contributed by atoms with van der Waals surface area (Å²) in [5, 5.41) is 5.08. The number of morpholine rings is 1. The van der Waals surface area contributed by atoms with Gasteiger partial charge in [0, 0.05) is 42.5 Å². The highest BCUT2D eigenvalue weighted by molar-refractivity contribution is 5.89. The number of alkyl halides is 3. The number of carbonyl (C=O) groups is 2. The van der Waals surface area contributed by atoms with Crippen LogP contribution in [0.4, 0.5) is 29.6 Å². The van der Waals surface area contributed by atoms with E-state index in [1.54, 1.807) is 12.1 Å². The molecule has 13 heteroatoms. The highest BCUT2D eigenvalue weighted by Gasteiger charge is 2.41. The topological polar surface area (TPSA) is 109 Å². The van der Waals surface area contributed by atoms with E-state index >= 15 is 0 Å². The molecule has 2 N–H and O–H groups in total. The summed E-state index contributed by atoms with van der Waals surface area (Å²) in [6, 6.07) is 6.20. The van der Waals surface area contributed by atoms with Crippen molar-refractivity contribution in [2.24, 2.45) is 0 Å². The molecule has 212 valence electrons. The first-order chi connectivity index (χ1) is 18.4. The largest absolute Gasteiger partial charge is 0.490 e. The maximum absolute atomic E-state index is 12.3. The van der Waals surface area contributed by atoms with E-state index in [0.29, 0.717) is 37.4 Å². The van der Waals surface area contributed by atoms with E-state index in [-0.39, 0.29) is 6.04 Å². The number of nitrogens with zero attached hydrogens (tertiary/aromatic N) is 4. The predicted octanol–water partition coefficient (Wildman–Crippen LogP) is 3.71. The Bertz CT molecular complexity index is 1190. The lowest BCUT2D eigenvalue weighted by Crippen LogP contribution is -2.44. The zero-order valence-electron chi connectivity index (χ0n) is 22.3. The first kappa shape index (κ1) is 28.6. The van der Waals surface area contributed by atoms with Crippen molar-refractivity contribution in [1.82, 2.24) is 20.2 Å². The molecule has 2 amide bonds. The van der Waals surface area contributed by atoms with E-state index in [2.05, 4.69) is 45.9 Å². The fourth-order valence-electron chi connectivity index (χ4n) is 4.45. The van der Waals surface area contributed by atoms with Gasteiger partial charge >= 0.3 is 18.2 Å². The van der Waals surface area contributed by atoms with Crippen LogP contribution in [0.1, 0.15) is 39.0 Å². The third-order valence-electron chi connectivity index (χ3n) is 6.64. The molecular weight excluding hydrogens is 517 g/mol. The Kier molecular flexibility index (Phi) is 8.60. The van der Waals surface area contributed by atoms with Gasteiger partial charge in [-0.05, 0) is 39.8 Å². The molecule has 10 nitrogen and oxygen atoms in total. The molecule has 0 radical (unpaired) electrons. The Morgan fingerprint density at radius 2 is 1.87 bits per heavy atom. The van der Waals surface area contributed by atoms with Crippen molar-refractivity contribution in [3.8, 4) is 11.3 Å². The van der Waals surface area contributed by atoms with E-state index in [1.807, 2.05) is 12.1 Å². The van der Waals surface area contributed by atoms with Crippen molar-refractivity contribution in [2.45, 2.75) is 65.1 Å². The maximum atomic E-state index is 12.3. The second kappa shape index (κ2) is 11.7. The Morgan fingerprint density at radius 1 is 1.15 bits per heavy atom. The Morgan fingerprint density at radius 3 is 2.51 bits per heavy atom. The second-order valence-electron chi connectivity index (χ2n) is 10.1. The van der Waals surface area contributed by atoms with Crippen LogP contribution in [0, 0.1) is 0 Å². The van der Waals surface area contributed by atoms with Gasteiger partial charge in [-0.1, -0.05) is 12.1 Å². The molecule has 1 aromatic carbocycles. The summed E-state index contributed by atoms with van der Waals surface area (Å²) in [7, 11) is 0. The standard InChI is InChI=1S/C26H33F3N6O4/c1-15(2)34-11-20-21(12-34)32-24(35-9-10-38-14-17(35)4)33-22(20)18-5-7-19(8-6-18)31-25(37)30-16(3)13-39-23(36)26(27,28)29/h5-8,15-17H,9-14H2,1-4H3,(H2,30,31,37)/t16?,17-/m0/s1. The van der Waals surface area contributed by atoms with Crippen molar-refractivity contribution in [2.75, 3.05) is 36.6 Å². The molecule has 2 aliphatic rings. The van der Waals surface area contributed by atoms with Crippen molar-refractivity contribution in [3.63, 3.8) is 0 Å². The smallest absolute Gasteiger partial charge is 0.457 e. The van der Waals surface area contributed by atoms with Crippen LogP contribution in [0.2, 0.25) is 0 Å². The molecule has 0 aliphatic carbocycles. The van der Waals surface area contributed by atoms with E-state index in [0.717, 1.165) is 35.6 Å². The molecule has 1 unspecified atom stereocenters. The lowest BCUT2D eigenvalue weighted by molar-refractivity contribution is -0.200. The number of urea groups is 1. The lowest BCUT2D eigenvalue weighted by Gasteiger charge is -2.33. The minimum atomic E-state index is -5.08. The summed E-state index contributed by atoms with van der Waals surface area (Å²) >= 11 is 0. The highest BCUT2D eigenvalue weighted by Crippen LogP contribution is 2.34. The van der Waals surface area contributed by atoms with E-state index in [4.69, 9.17) is 14.7 Å². The Balaban J connectivity index is 1.47. The fourth-order valence-corrected chi connectivity index (χ4v) is 4.45. The molecule has 39 heavy (non-hydrogen) atoms. The minimum Gasteiger partial charge on any atom is -0.457 e. The van der Waals surface area contributed by atoms with Crippen LogP contribution < -0.4 is 15.5 Å². The first-order valence-electron chi connectivity index (χ1n) is 12.8.